The zero-order chi connectivity index (χ0) is 28.7. The minimum atomic E-state index is -0.358. The number of hydroxylamine groups is 1. The van der Waals surface area contributed by atoms with Gasteiger partial charge in [0.1, 0.15) is 18.1 Å². The van der Waals surface area contributed by atoms with Gasteiger partial charge in [0, 0.05) is 31.4 Å². The Morgan fingerprint density at radius 2 is 1.83 bits per heavy atom. The van der Waals surface area contributed by atoms with E-state index in [4.69, 9.17) is 19.0 Å². The maximum absolute atomic E-state index is 13.2. The lowest BCUT2D eigenvalue weighted by molar-refractivity contribution is -0.200. The van der Waals surface area contributed by atoms with Crippen LogP contribution in [0.4, 0.5) is 0 Å². The first kappa shape index (κ1) is 30.1. The molecule has 41 heavy (non-hydrogen) atoms. The zero-order valence-electron chi connectivity index (χ0n) is 23.7. The summed E-state index contributed by atoms with van der Waals surface area (Å²) < 4.78 is 16.8. The van der Waals surface area contributed by atoms with Crippen LogP contribution in [-0.4, -0.2) is 45.0 Å². The third kappa shape index (κ3) is 9.92. The Balaban J connectivity index is 1.28. The van der Waals surface area contributed by atoms with Crippen LogP contribution >= 0.6 is 0 Å². The lowest BCUT2D eigenvalue weighted by Gasteiger charge is -2.22. The van der Waals surface area contributed by atoms with E-state index >= 15 is 0 Å². The number of methoxy groups -OCH3 is 1. The molecule has 0 radical (unpaired) electrons. The number of benzene rings is 3. The number of fused-ring (bicyclic) bond motifs is 1. The second-order valence-electron chi connectivity index (χ2n) is 10.0. The molecule has 1 aliphatic heterocycles. The first-order valence-corrected chi connectivity index (χ1v) is 14.4. The summed E-state index contributed by atoms with van der Waals surface area (Å²) in [5.41, 5.74) is 4.17. The molecule has 2 N–H and O–H groups in total. The summed E-state index contributed by atoms with van der Waals surface area (Å²) in [5, 5.41) is 5.11. The number of hydrogen-bond acceptors (Lipinski definition) is 6. The van der Waals surface area contributed by atoms with Gasteiger partial charge in [-0.05, 0) is 67.7 Å². The van der Waals surface area contributed by atoms with Crippen LogP contribution in [0.1, 0.15) is 50.5 Å². The average molecular weight is 561 g/mol. The molecule has 0 spiro atoms. The van der Waals surface area contributed by atoms with Crippen molar-refractivity contribution in [1.29, 1.82) is 0 Å². The van der Waals surface area contributed by atoms with Crippen molar-refractivity contribution in [2.45, 2.75) is 57.7 Å². The van der Waals surface area contributed by atoms with E-state index in [1.807, 2.05) is 72.8 Å². The number of unbranched alkanes of at least 4 members (excludes halogenated alkanes) is 2. The molecule has 1 saturated heterocycles. The molecule has 1 atom stereocenters. The van der Waals surface area contributed by atoms with Crippen molar-refractivity contribution in [2.24, 2.45) is 0 Å². The average Bonchev–Trinajstić information content (AvgIpc) is 3.02. The van der Waals surface area contributed by atoms with Crippen LogP contribution in [0.5, 0.6) is 11.5 Å². The van der Waals surface area contributed by atoms with Gasteiger partial charge in [0.25, 0.3) is 0 Å². The van der Waals surface area contributed by atoms with Crippen molar-refractivity contribution < 1.29 is 28.6 Å². The summed E-state index contributed by atoms with van der Waals surface area (Å²) in [6.45, 7) is 1.31. The van der Waals surface area contributed by atoms with Gasteiger partial charge in [-0.1, -0.05) is 54.6 Å². The van der Waals surface area contributed by atoms with Crippen LogP contribution in [0.15, 0.2) is 78.4 Å². The van der Waals surface area contributed by atoms with Crippen LogP contribution in [0.2, 0.25) is 0 Å². The van der Waals surface area contributed by atoms with E-state index in [1.54, 1.807) is 7.11 Å². The lowest BCUT2D eigenvalue weighted by atomic mass is 10.1. The van der Waals surface area contributed by atoms with Crippen LogP contribution < -0.4 is 20.3 Å². The minimum Gasteiger partial charge on any atom is -0.497 e. The molecule has 1 heterocycles. The number of amides is 2. The number of allylic oxidation sites excluding steroid dienone is 1. The molecule has 8 nitrogen and oxygen atoms in total. The van der Waals surface area contributed by atoms with Crippen LogP contribution in [0, 0.1) is 0 Å². The van der Waals surface area contributed by atoms with E-state index in [0.717, 1.165) is 53.5 Å². The van der Waals surface area contributed by atoms with E-state index in [1.165, 1.54) is 0 Å². The third-order valence-corrected chi connectivity index (χ3v) is 6.97. The van der Waals surface area contributed by atoms with Crippen molar-refractivity contribution in [3.63, 3.8) is 0 Å². The third-order valence-electron chi connectivity index (χ3n) is 6.97. The van der Waals surface area contributed by atoms with Crippen molar-refractivity contribution in [1.82, 2.24) is 10.8 Å². The summed E-state index contributed by atoms with van der Waals surface area (Å²) in [6, 6.07) is 21.7. The molecule has 0 saturated carbocycles. The van der Waals surface area contributed by atoms with Gasteiger partial charge >= 0.3 is 0 Å². The number of carbonyl (C=O) groups excluding carboxylic acids is 2. The molecule has 1 unspecified atom stereocenters. The van der Waals surface area contributed by atoms with Gasteiger partial charge in [-0.15, -0.1) is 0 Å². The first-order chi connectivity index (χ1) is 20.1. The topological polar surface area (TPSA) is 95.1 Å². The van der Waals surface area contributed by atoms with E-state index in [9.17, 15) is 9.59 Å². The predicted octanol–water partition coefficient (Wildman–Crippen LogP) is 5.65. The largest absolute Gasteiger partial charge is 0.497 e. The fraction of sp³-hybridized carbons (Fsp3) is 0.394. The highest BCUT2D eigenvalue weighted by Gasteiger charge is 2.16. The minimum absolute atomic E-state index is 0.151. The van der Waals surface area contributed by atoms with E-state index < -0.39 is 0 Å². The number of nitrogens with one attached hydrogen (secondary N) is 2. The summed E-state index contributed by atoms with van der Waals surface area (Å²) in [7, 11) is 1.64. The van der Waals surface area contributed by atoms with E-state index in [-0.39, 0.29) is 24.7 Å². The predicted molar refractivity (Wildman–Crippen MR) is 159 cm³/mol. The summed E-state index contributed by atoms with van der Waals surface area (Å²) in [4.78, 5) is 30.6. The van der Waals surface area contributed by atoms with Gasteiger partial charge in [0.2, 0.25) is 11.8 Å². The quantitative estimate of drug-likeness (QED) is 0.142. The molecule has 3 aromatic rings. The Kier molecular flexibility index (Phi) is 12.0. The Bertz CT molecular complexity index is 1280. The van der Waals surface area contributed by atoms with Crippen molar-refractivity contribution in [2.75, 3.05) is 26.9 Å². The summed E-state index contributed by atoms with van der Waals surface area (Å²) >= 11 is 0. The number of ether oxygens (including phenoxy) is 3. The van der Waals surface area contributed by atoms with E-state index in [2.05, 4.69) is 10.8 Å². The first-order valence-electron chi connectivity index (χ1n) is 14.4. The number of carbonyl (C=O) groups is 2. The Morgan fingerprint density at radius 3 is 2.63 bits per heavy atom. The zero-order valence-corrected chi connectivity index (χ0v) is 23.7. The Hall–Kier alpha value is -3.88. The van der Waals surface area contributed by atoms with Gasteiger partial charge in [0.15, 0.2) is 6.29 Å². The molecule has 2 amide bonds. The van der Waals surface area contributed by atoms with Gasteiger partial charge in [-0.25, -0.2) is 10.3 Å². The van der Waals surface area contributed by atoms with Gasteiger partial charge in [-0.2, -0.15) is 0 Å². The maximum atomic E-state index is 13.2. The molecule has 218 valence electrons. The van der Waals surface area contributed by atoms with Gasteiger partial charge in [0.05, 0.1) is 12.7 Å². The fourth-order valence-corrected chi connectivity index (χ4v) is 4.61. The molecule has 8 heteroatoms. The monoisotopic (exact) mass is 560 g/mol. The standard InChI is InChI=1S/C33H40N2O6/c1-38-28-19-17-25(18-20-28)21-22-34-33(37)27(24-40-30-14-9-12-26-10-5-6-13-29(26)30)11-3-2-4-15-31(36)35-41-32-16-7-8-23-39-32/h5-6,9-14,17-20,32H,2-4,7-8,15-16,21-24H2,1H3,(H,34,37)(H,35,36)/b27-11+. The van der Waals surface area contributed by atoms with Crippen LogP contribution in [0.3, 0.4) is 0 Å². The molecule has 3 aromatic carbocycles. The number of rotatable bonds is 15. The van der Waals surface area contributed by atoms with Crippen molar-refractivity contribution >= 4 is 22.6 Å². The molecule has 0 aromatic heterocycles. The van der Waals surface area contributed by atoms with Gasteiger partial charge in [-0.3, -0.25) is 9.59 Å². The van der Waals surface area contributed by atoms with Crippen molar-refractivity contribution in [3.05, 3.63) is 83.9 Å². The molecule has 1 fully saturated rings. The highest BCUT2D eigenvalue weighted by atomic mass is 16.8. The highest BCUT2D eigenvalue weighted by Crippen LogP contribution is 2.25. The molecule has 4 rings (SSSR count). The Labute approximate surface area is 242 Å². The van der Waals surface area contributed by atoms with E-state index in [0.29, 0.717) is 44.4 Å². The second kappa shape index (κ2) is 16.4. The fourth-order valence-electron chi connectivity index (χ4n) is 4.61. The Morgan fingerprint density at radius 1 is 1.00 bits per heavy atom. The molecule has 1 aliphatic rings. The molecule has 0 bridgehead atoms. The summed E-state index contributed by atoms with van der Waals surface area (Å²) in [5.74, 6) is 1.21. The SMILES string of the molecule is COc1ccc(CCNC(=O)/C(=C/CCCCC(=O)NOC2CCCCO2)COc2cccc3ccccc23)cc1. The molecular weight excluding hydrogens is 520 g/mol. The second-order valence-corrected chi connectivity index (χ2v) is 10.0. The van der Waals surface area contributed by atoms with Crippen LogP contribution in [-0.2, 0) is 25.6 Å². The lowest BCUT2D eigenvalue weighted by Crippen LogP contribution is -2.32. The van der Waals surface area contributed by atoms with Crippen molar-refractivity contribution in [3.8, 4) is 11.5 Å². The molecular formula is C33H40N2O6. The smallest absolute Gasteiger partial charge is 0.250 e. The highest BCUT2D eigenvalue weighted by molar-refractivity contribution is 5.94. The molecule has 0 aliphatic carbocycles. The normalized spacial score (nSPS) is 15.3. The van der Waals surface area contributed by atoms with Crippen LogP contribution in [0.25, 0.3) is 10.8 Å². The maximum Gasteiger partial charge on any atom is 0.250 e. The number of hydrogen-bond donors (Lipinski definition) is 2. The van der Waals surface area contributed by atoms with Gasteiger partial charge < -0.3 is 19.5 Å². The summed E-state index contributed by atoms with van der Waals surface area (Å²) in [6.07, 6.45) is 7.54.